The number of nitrogens with one attached hydrogen (secondary N) is 1. The van der Waals surface area contributed by atoms with Gasteiger partial charge in [0, 0.05) is 12.6 Å². The molecule has 3 nitrogen and oxygen atoms in total. The lowest BCUT2D eigenvalue weighted by Crippen LogP contribution is -2.15. The Balaban J connectivity index is 3.03. The summed E-state index contributed by atoms with van der Waals surface area (Å²) in [5.41, 5.74) is 0. The first kappa shape index (κ1) is 12.5. The third-order valence-corrected chi connectivity index (χ3v) is 2.17. The molecule has 0 heterocycles. The van der Waals surface area contributed by atoms with Gasteiger partial charge in [0.15, 0.2) is 0 Å². The van der Waals surface area contributed by atoms with Crippen LogP contribution in [0.25, 0.3) is 0 Å². The summed E-state index contributed by atoms with van der Waals surface area (Å²) in [6, 6.07) is 0. The highest BCUT2D eigenvalue weighted by atomic mass is 32.2. The van der Waals surface area contributed by atoms with Gasteiger partial charge in [-0.15, -0.1) is 0 Å². The summed E-state index contributed by atoms with van der Waals surface area (Å²) in [5, 5.41) is 11.4. The number of hydrogen-bond donors (Lipinski definition) is 2. The van der Waals surface area contributed by atoms with E-state index < -0.39 is 5.97 Å². The minimum absolute atomic E-state index is 0.644. The second kappa shape index (κ2) is 9.61. The molecule has 0 aromatic heterocycles. The van der Waals surface area contributed by atoms with Crippen molar-refractivity contribution >= 4 is 17.7 Å². The van der Waals surface area contributed by atoms with E-state index in [1.165, 1.54) is 12.2 Å². The second-order valence-electron chi connectivity index (χ2n) is 2.64. The average Bonchev–Trinajstić information content (AvgIpc) is 2.09. The molecule has 0 aromatic carbocycles. The van der Waals surface area contributed by atoms with Crippen LogP contribution in [-0.2, 0) is 4.79 Å². The van der Waals surface area contributed by atoms with Crippen molar-refractivity contribution in [3.63, 3.8) is 0 Å². The molecule has 0 aliphatic heterocycles. The van der Waals surface area contributed by atoms with Crippen molar-refractivity contribution in [2.24, 2.45) is 0 Å². The van der Waals surface area contributed by atoms with E-state index in [0.29, 0.717) is 6.54 Å². The molecule has 4 heteroatoms. The molecule has 0 fully saturated rings. The van der Waals surface area contributed by atoms with Crippen LogP contribution in [0.15, 0.2) is 12.2 Å². The zero-order valence-corrected chi connectivity index (χ0v) is 8.77. The Hall–Kier alpha value is -0.480. The van der Waals surface area contributed by atoms with Crippen LogP contribution in [0.3, 0.4) is 0 Å². The molecule has 0 amide bonds. The molecule has 0 unspecified atom stereocenters. The lowest BCUT2D eigenvalue weighted by molar-refractivity contribution is -0.131. The van der Waals surface area contributed by atoms with Crippen molar-refractivity contribution in [3.05, 3.63) is 12.2 Å². The van der Waals surface area contributed by atoms with E-state index >= 15 is 0 Å². The minimum atomic E-state index is -0.885. The largest absolute Gasteiger partial charge is 0.478 e. The molecule has 0 aromatic rings. The van der Waals surface area contributed by atoms with Crippen LogP contribution in [-0.4, -0.2) is 36.2 Å². The van der Waals surface area contributed by atoms with E-state index in [1.54, 1.807) is 6.08 Å². The lowest BCUT2D eigenvalue weighted by atomic mass is 10.3. The maximum Gasteiger partial charge on any atom is 0.328 e. The van der Waals surface area contributed by atoms with Gasteiger partial charge in [0.2, 0.25) is 0 Å². The number of carboxylic acids is 1. The number of aliphatic carboxylic acids is 1. The number of thioether (sulfide) groups is 1. The molecule has 0 saturated heterocycles. The van der Waals surface area contributed by atoms with E-state index in [0.717, 1.165) is 19.0 Å². The van der Waals surface area contributed by atoms with E-state index in [4.69, 9.17) is 5.11 Å². The fraction of sp³-hybridized carbons (Fsp3) is 0.667. The van der Waals surface area contributed by atoms with E-state index in [9.17, 15) is 4.79 Å². The van der Waals surface area contributed by atoms with Crippen LogP contribution in [0.2, 0.25) is 0 Å². The van der Waals surface area contributed by atoms with Gasteiger partial charge in [-0.1, -0.05) is 6.08 Å². The highest BCUT2D eigenvalue weighted by Crippen LogP contribution is 1.97. The first-order valence-electron chi connectivity index (χ1n) is 4.36. The van der Waals surface area contributed by atoms with Gasteiger partial charge in [0.1, 0.15) is 0 Å². The fourth-order valence-electron chi connectivity index (χ4n) is 0.842. The molecule has 0 spiro atoms. The van der Waals surface area contributed by atoms with E-state index in [-0.39, 0.29) is 0 Å². The average molecular weight is 203 g/mol. The Morgan fingerprint density at radius 1 is 1.54 bits per heavy atom. The van der Waals surface area contributed by atoms with Crippen molar-refractivity contribution in [2.75, 3.05) is 25.1 Å². The van der Waals surface area contributed by atoms with Crippen molar-refractivity contribution in [3.8, 4) is 0 Å². The van der Waals surface area contributed by atoms with Gasteiger partial charge < -0.3 is 10.4 Å². The standard InChI is InChI=1S/C9H17NO2S/c1-13-8-3-2-6-10-7-4-5-9(11)12/h4-5,10H,2-3,6-8H2,1H3,(H,11,12)/b5-4+. The van der Waals surface area contributed by atoms with Gasteiger partial charge in [-0.05, 0) is 31.4 Å². The molecule has 0 rings (SSSR count). The van der Waals surface area contributed by atoms with Crippen LogP contribution >= 0.6 is 11.8 Å². The van der Waals surface area contributed by atoms with Crippen molar-refractivity contribution in [1.29, 1.82) is 0 Å². The third-order valence-electron chi connectivity index (χ3n) is 1.47. The summed E-state index contributed by atoms with van der Waals surface area (Å²) in [6.07, 6.45) is 7.26. The smallest absolute Gasteiger partial charge is 0.328 e. The van der Waals surface area contributed by atoms with E-state index in [2.05, 4.69) is 11.6 Å². The summed E-state index contributed by atoms with van der Waals surface area (Å²) in [6.45, 7) is 1.61. The van der Waals surface area contributed by atoms with Gasteiger partial charge in [-0.25, -0.2) is 4.79 Å². The van der Waals surface area contributed by atoms with Gasteiger partial charge in [0.05, 0.1) is 0 Å². The summed E-state index contributed by atoms with van der Waals surface area (Å²) in [4.78, 5) is 10.1. The van der Waals surface area contributed by atoms with Gasteiger partial charge in [-0.3, -0.25) is 0 Å². The second-order valence-corrected chi connectivity index (χ2v) is 3.63. The summed E-state index contributed by atoms with van der Waals surface area (Å²) >= 11 is 1.85. The number of carboxylic acid groups (broad SMARTS) is 1. The Kier molecular flexibility index (Phi) is 9.25. The molecule has 0 saturated carbocycles. The van der Waals surface area contributed by atoms with Crippen LogP contribution in [0.5, 0.6) is 0 Å². The zero-order valence-electron chi connectivity index (χ0n) is 7.95. The van der Waals surface area contributed by atoms with Crippen LogP contribution in [0.1, 0.15) is 12.8 Å². The summed E-state index contributed by atoms with van der Waals surface area (Å²) in [5.74, 6) is 0.316. The number of carbonyl (C=O) groups is 1. The molecule has 0 bridgehead atoms. The molecular formula is C9H17NO2S. The maximum absolute atomic E-state index is 10.1. The van der Waals surface area contributed by atoms with Gasteiger partial charge in [-0.2, -0.15) is 11.8 Å². The highest BCUT2D eigenvalue weighted by molar-refractivity contribution is 7.98. The van der Waals surface area contributed by atoms with Crippen molar-refractivity contribution < 1.29 is 9.90 Å². The minimum Gasteiger partial charge on any atom is -0.478 e. The fourth-order valence-corrected chi connectivity index (χ4v) is 1.33. The Bertz CT molecular complexity index is 160. The monoisotopic (exact) mass is 203 g/mol. The van der Waals surface area contributed by atoms with Crippen LogP contribution < -0.4 is 5.32 Å². The number of rotatable bonds is 8. The predicted octanol–water partition coefficient (Wildman–Crippen LogP) is 1.36. The van der Waals surface area contributed by atoms with Crippen LogP contribution in [0.4, 0.5) is 0 Å². The Morgan fingerprint density at radius 3 is 2.92 bits per heavy atom. The van der Waals surface area contributed by atoms with Gasteiger partial charge in [0.25, 0.3) is 0 Å². The molecular weight excluding hydrogens is 186 g/mol. The summed E-state index contributed by atoms with van der Waals surface area (Å²) < 4.78 is 0. The van der Waals surface area contributed by atoms with E-state index in [1.807, 2.05) is 11.8 Å². The summed E-state index contributed by atoms with van der Waals surface area (Å²) in [7, 11) is 0. The lowest BCUT2D eigenvalue weighted by Gasteiger charge is -1.99. The Labute approximate surface area is 83.6 Å². The molecule has 0 atom stereocenters. The quantitative estimate of drug-likeness (QED) is 0.462. The SMILES string of the molecule is CSCCCCNC/C=C/C(=O)O. The third kappa shape index (κ3) is 11.5. The van der Waals surface area contributed by atoms with Gasteiger partial charge >= 0.3 is 5.97 Å². The first-order chi connectivity index (χ1) is 6.27. The predicted molar refractivity (Wildman–Crippen MR) is 57.3 cm³/mol. The highest BCUT2D eigenvalue weighted by Gasteiger charge is 1.87. The molecule has 13 heavy (non-hydrogen) atoms. The molecule has 0 aliphatic rings. The molecule has 2 N–H and O–H groups in total. The first-order valence-corrected chi connectivity index (χ1v) is 5.76. The molecule has 0 radical (unpaired) electrons. The molecule has 76 valence electrons. The molecule has 0 aliphatic carbocycles. The van der Waals surface area contributed by atoms with Crippen LogP contribution in [0, 0.1) is 0 Å². The number of unbranched alkanes of at least 4 members (excludes halogenated alkanes) is 1. The number of hydrogen-bond acceptors (Lipinski definition) is 3. The maximum atomic E-state index is 10.1. The normalized spacial score (nSPS) is 10.8. The topological polar surface area (TPSA) is 49.3 Å². The van der Waals surface area contributed by atoms with Crippen molar-refractivity contribution in [2.45, 2.75) is 12.8 Å². The zero-order chi connectivity index (χ0) is 9.94. The Morgan fingerprint density at radius 2 is 2.31 bits per heavy atom. The van der Waals surface area contributed by atoms with Crippen molar-refractivity contribution in [1.82, 2.24) is 5.32 Å².